The number of hydrogen-bond acceptors (Lipinski definition) is 4. The van der Waals surface area contributed by atoms with E-state index in [4.69, 9.17) is 0 Å². The van der Waals surface area contributed by atoms with Crippen LogP contribution in [-0.4, -0.2) is 99.7 Å². The first-order chi connectivity index (χ1) is 7.24. The zero-order valence-corrected chi connectivity index (χ0v) is 11.2. The van der Waals surface area contributed by atoms with E-state index in [9.17, 15) is 0 Å². The van der Waals surface area contributed by atoms with E-state index in [1.807, 2.05) is 0 Å². The summed E-state index contributed by atoms with van der Waals surface area (Å²) in [6, 6.07) is 0. The van der Waals surface area contributed by atoms with Gasteiger partial charge in [-0.3, -0.25) is 0 Å². The molecule has 1 radical (unpaired) electrons. The summed E-state index contributed by atoms with van der Waals surface area (Å²) in [7, 11) is 4.45. The molecule has 0 spiro atoms. The average molecular weight is 225 g/mol. The number of piperazine rings is 2. The van der Waals surface area contributed by atoms with Crippen LogP contribution in [0.15, 0.2) is 0 Å². The highest BCUT2D eigenvalue weighted by Gasteiger charge is 2.21. The Morgan fingerprint density at radius 1 is 0.600 bits per heavy atom. The molecule has 5 heteroatoms. The van der Waals surface area contributed by atoms with Crippen molar-refractivity contribution in [2.75, 3.05) is 66.5 Å². The third-order valence-electron chi connectivity index (χ3n) is 3.40. The van der Waals surface area contributed by atoms with Gasteiger partial charge >= 0.3 is 15.7 Å². The molecule has 85 valence electrons. The summed E-state index contributed by atoms with van der Waals surface area (Å²) < 4.78 is 5.34. The highest BCUT2D eigenvalue weighted by molar-refractivity contribution is 6.28. The first-order valence-electron chi connectivity index (χ1n) is 5.94. The molecule has 15 heavy (non-hydrogen) atoms. The van der Waals surface area contributed by atoms with Gasteiger partial charge in [-0.05, 0) is 40.3 Å². The number of nitrogens with zero attached hydrogens (tertiary/aromatic N) is 4. The second-order valence-electron chi connectivity index (χ2n) is 4.79. The molecule has 0 unspecified atom stereocenters. The summed E-state index contributed by atoms with van der Waals surface area (Å²) in [5, 5.41) is 0. The first-order valence-corrected chi connectivity index (χ1v) is 6.97. The largest absolute Gasteiger partial charge is 0.455 e. The van der Waals surface area contributed by atoms with Crippen molar-refractivity contribution < 1.29 is 0 Å². The molecule has 2 fully saturated rings. The van der Waals surface area contributed by atoms with Crippen LogP contribution < -0.4 is 0 Å². The average Bonchev–Trinajstić information content (AvgIpc) is 2.25. The molecule has 0 atom stereocenters. The van der Waals surface area contributed by atoms with Crippen LogP contribution in [0.5, 0.6) is 0 Å². The zero-order chi connectivity index (χ0) is 10.7. The molecule has 0 bridgehead atoms. The molecule has 0 amide bonds. The van der Waals surface area contributed by atoms with Crippen molar-refractivity contribution in [1.29, 1.82) is 0 Å². The van der Waals surface area contributed by atoms with Gasteiger partial charge in [0.1, 0.15) is 0 Å². The summed E-state index contributed by atoms with van der Waals surface area (Å²) >= 11 is 0.406. The summed E-state index contributed by atoms with van der Waals surface area (Å²) in [5.41, 5.74) is 0. The number of rotatable bonds is 2. The van der Waals surface area contributed by atoms with E-state index in [0.29, 0.717) is 15.7 Å². The van der Waals surface area contributed by atoms with Crippen LogP contribution in [-0.2, 0) is 0 Å². The SMILES string of the molecule is CN1CC[N]([Al][N]2CCN(C)CC2)CC1. The fourth-order valence-corrected chi connectivity index (χ4v) is 3.49. The standard InChI is InChI=1S/2C5H11N2.Al/c2*1-7-4-2-6-3-5-7;/h2*2-5H2,1H3;/q2*-1;+2. The molecule has 0 saturated carbocycles. The summed E-state index contributed by atoms with van der Waals surface area (Å²) in [4.78, 5) is 4.86. The maximum atomic E-state index is 2.67. The van der Waals surface area contributed by atoms with Crippen molar-refractivity contribution in [2.45, 2.75) is 0 Å². The lowest BCUT2D eigenvalue weighted by molar-refractivity contribution is 0.188. The monoisotopic (exact) mass is 225 g/mol. The Bertz CT molecular complexity index is 166. The van der Waals surface area contributed by atoms with Crippen molar-refractivity contribution in [3.05, 3.63) is 0 Å². The lowest BCUT2D eigenvalue weighted by Crippen LogP contribution is -2.55. The lowest BCUT2D eigenvalue weighted by Gasteiger charge is -2.38. The predicted molar refractivity (Wildman–Crippen MR) is 63.9 cm³/mol. The highest BCUT2D eigenvalue weighted by Crippen LogP contribution is 2.02. The minimum absolute atomic E-state index is 0.406. The predicted octanol–water partition coefficient (Wildman–Crippen LogP) is -0.985. The third kappa shape index (κ3) is 3.70. The Morgan fingerprint density at radius 3 is 1.27 bits per heavy atom. The molecule has 4 nitrogen and oxygen atoms in total. The molecule has 0 aromatic heterocycles. The van der Waals surface area contributed by atoms with Crippen LogP contribution in [0.25, 0.3) is 0 Å². The maximum Gasteiger partial charge on any atom is 0.455 e. The lowest BCUT2D eigenvalue weighted by atomic mass is 10.4. The van der Waals surface area contributed by atoms with Crippen molar-refractivity contribution in [2.24, 2.45) is 0 Å². The van der Waals surface area contributed by atoms with E-state index in [2.05, 4.69) is 31.7 Å². The van der Waals surface area contributed by atoms with Gasteiger partial charge in [-0.25, -0.2) is 0 Å². The van der Waals surface area contributed by atoms with Gasteiger partial charge in [0.05, 0.1) is 0 Å². The van der Waals surface area contributed by atoms with Gasteiger partial charge in [-0.1, -0.05) is 0 Å². The normalized spacial score (nSPS) is 28.1. The van der Waals surface area contributed by atoms with E-state index in [0.717, 1.165) is 0 Å². The van der Waals surface area contributed by atoms with Crippen molar-refractivity contribution in [3.63, 3.8) is 0 Å². The number of likely N-dealkylation sites (N-methyl/N-ethyl adjacent to an activating group) is 2. The zero-order valence-electron chi connectivity index (χ0n) is 10.0. The molecule has 2 heterocycles. The van der Waals surface area contributed by atoms with Crippen LogP contribution in [0.4, 0.5) is 0 Å². The molecule has 0 N–H and O–H groups in total. The smallest absolute Gasteiger partial charge is 0.376 e. The van der Waals surface area contributed by atoms with Gasteiger partial charge in [0.15, 0.2) is 0 Å². The van der Waals surface area contributed by atoms with Gasteiger partial charge < -0.3 is 17.6 Å². The molecule has 2 aliphatic rings. The molecule has 0 aromatic rings. The van der Waals surface area contributed by atoms with E-state index in [-0.39, 0.29) is 0 Å². The Labute approximate surface area is 99.9 Å². The molecular weight excluding hydrogens is 203 g/mol. The second kappa shape index (κ2) is 5.63. The minimum Gasteiger partial charge on any atom is -0.376 e. The fourth-order valence-electron chi connectivity index (χ4n) is 2.11. The van der Waals surface area contributed by atoms with Gasteiger partial charge in [-0.2, -0.15) is 0 Å². The Kier molecular flexibility index (Phi) is 4.44. The van der Waals surface area contributed by atoms with Gasteiger partial charge in [0.25, 0.3) is 0 Å². The Hall–Kier alpha value is 0.372. The van der Waals surface area contributed by atoms with E-state index < -0.39 is 0 Å². The van der Waals surface area contributed by atoms with Crippen molar-refractivity contribution in [1.82, 2.24) is 17.6 Å². The van der Waals surface area contributed by atoms with E-state index in [1.165, 1.54) is 52.4 Å². The first kappa shape index (κ1) is 11.8. The summed E-state index contributed by atoms with van der Waals surface area (Å²) in [5.74, 6) is 0. The molecule has 0 aromatic carbocycles. The fraction of sp³-hybridized carbons (Fsp3) is 1.00. The van der Waals surface area contributed by atoms with Crippen molar-refractivity contribution >= 4 is 15.7 Å². The second-order valence-corrected chi connectivity index (χ2v) is 6.49. The number of hydrogen-bond donors (Lipinski definition) is 0. The molecular formula is C10H22AlN4. The molecule has 2 rings (SSSR count). The summed E-state index contributed by atoms with van der Waals surface area (Å²) in [6.45, 7) is 10.1. The van der Waals surface area contributed by atoms with Gasteiger partial charge in [-0.15, -0.1) is 0 Å². The van der Waals surface area contributed by atoms with Gasteiger partial charge in [0, 0.05) is 26.2 Å². The summed E-state index contributed by atoms with van der Waals surface area (Å²) in [6.07, 6.45) is 0. The van der Waals surface area contributed by atoms with Crippen LogP contribution in [0.1, 0.15) is 0 Å². The Balaban J connectivity index is 1.68. The third-order valence-corrected chi connectivity index (χ3v) is 5.09. The van der Waals surface area contributed by atoms with Crippen LogP contribution in [0.3, 0.4) is 0 Å². The minimum atomic E-state index is 0.406. The highest BCUT2D eigenvalue weighted by atomic mass is 27.1. The van der Waals surface area contributed by atoms with E-state index >= 15 is 0 Å². The van der Waals surface area contributed by atoms with Crippen molar-refractivity contribution in [3.8, 4) is 0 Å². The molecule has 2 saturated heterocycles. The molecule has 0 aliphatic carbocycles. The van der Waals surface area contributed by atoms with Crippen LogP contribution >= 0.6 is 0 Å². The van der Waals surface area contributed by atoms with Gasteiger partial charge in [0.2, 0.25) is 0 Å². The topological polar surface area (TPSA) is 13.0 Å². The maximum absolute atomic E-state index is 2.67. The molecule has 2 aliphatic heterocycles. The van der Waals surface area contributed by atoms with Crippen LogP contribution in [0, 0.1) is 0 Å². The quantitative estimate of drug-likeness (QED) is 0.560. The van der Waals surface area contributed by atoms with Crippen LogP contribution in [0.2, 0.25) is 0 Å². The Morgan fingerprint density at radius 2 is 0.933 bits per heavy atom. The van der Waals surface area contributed by atoms with E-state index in [1.54, 1.807) is 0 Å².